The highest BCUT2D eigenvalue weighted by Crippen LogP contribution is 2.28. The molecule has 0 aromatic heterocycles. The zero-order chi connectivity index (χ0) is 11.6. The molecule has 1 atom stereocenters. The lowest BCUT2D eigenvalue weighted by Gasteiger charge is -2.40. The first kappa shape index (κ1) is 11.3. The summed E-state index contributed by atoms with van der Waals surface area (Å²) < 4.78 is 5.59. The quantitative estimate of drug-likeness (QED) is 0.777. The van der Waals surface area contributed by atoms with Crippen LogP contribution >= 0.6 is 0 Å². The second-order valence-corrected chi connectivity index (χ2v) is 4.77. The summed E-state index contributed by atoms with van der Waals surface area (Å²) in [7, 11) is 1.79. The summed E-state index contributed by atoms with van der Waals surface area (Å²) in [5.41, 5.74) is 7.80. The van der Waals surface area contributed by atoms with Crippen LogP contribution in [-0.2, 0) is 4.74 Å². The first-order chi connectivity index (χ1) is 7.63. The molecule has 0 saturated carbocycles. The highest BCUT2D eigenvalue weighted by Gasteiger charge is 2.30. The van der Waals surface area contributed by atoms with E-state index in [1.807, 2.05) is 18.2 Å². The third kappa shape index (κ3) is 2.30. The summed E-state index contributed by atoms with van der Waals surface area (Å²) >= 11 is 0. The zero-order valence-corrected chi connectivity index (χ0v) is 10.1. The minimum Gasteiger partial charge on any atom is -0.399 e. The number of anilines is 2. The van der Waals surface area contributed by atoms with Gasteiger partial charge in [-0.05, 0) is 38.0 Å². The van der Waals surface area contributed by atoms with Crippen molar-refractivity contribution in [1.29, 1.82) is 0 Å². The van der Waals surface area contributed by atoms with Crippen molar-refractivity contribution in [3.05, 3.63) is 24.3 Å². The number of methoxy groups -OCH3 is 1. The zero-order valence-electron chi connectivity index (χ0n) is 10.1. The SMILES string of the molecule is COC1(C)CCCN(c2cccc(N)c2)C1. The molecule has 0 bridgehead atoms. The third-order valence-electron chi connectivity index (χ3n) is 3.39. The summed E-state index contributed by atoms with van der Waals surface area (Å²) in [5.74, 6) is 0. The molecule has 0 radical (unpaired) electrons. The van der Waals surface area contributed by atoms with Gasteiger partial charge >= 0.3 is 0 Å². The molecule has 1 aromatic carbocycles. The summed E-state index contributed by atoms with van der Waals surface area (Å²) in [4.78, 5) is 2.35. The molecule has 0 spiro atoms. The van der Waals surface area contributed by atoms with E-state index in [0.717, 1.165) is 25.2 Å². The molecule has 3 nitrogen and oxygen atoms in total. The molecule has 1 fully saturated rings. The maximum absolute atomic E-state index is 5.81. The van der Waals surface area contributed by atoms with Crippen LogP contribution in [0, 0.1) is 0 Å². The van der Waals surface area contributed by atoms with E-state index in [1.165, 1.54) is 12.1 Å². The van der Waals surface area contributed by atoms with E-state index in [2.05, 4.69) is 17.9 Å². The van der Waals surface area contributed by atoms with Crippen LogP contribution in [-0.4, -0.2) is 25.8 Å². The Morgan fingerprint density at radius 3 is 2.94 bits per heavy atom. The molecule has 1 heterocycles. The maximum atomic E-state index is 5.81. The number of rotatable bonds is 2. The van der Waals surface area contributed by atoms with Crippen LogP contribution in [0.1, 0.15) is 19.8 Å². The van der Waals surface area contributed by atoms with Crippen LogP contribution in [0.4, 0.5) is 11.4 Å². The minimum atomic E-state index is -0.0249. The fourth-order valence-corrected chi connectivity index (χ4v) is 2.31. The number of piperidine rings is 1. The van der Waals surface area contributed by atoms with Gasteiger partial charge in [-0.2, -0.15) is 0 Å². The second-order valence-electron chi connectivity index (χ2n) is 4.77. The van der Waals surface area contributed by atoms with Crippen molar-refractivity contribution >= 4 is 11.4 Å². The van der Waals surface area contributed by atoms with Crippen molar-refractivity contribution in [1.82, 2.24) is 0 Å². The fourth-order valence-electron chi connectivity index (χ4n) is 2.31. The number of nitrogens with zero attached hydrogens (tertiary/aromatic N) is 1. The van der Waals surface area contributed by atoms with Crippen LogP contribution in [0.25, 0.3) is 0 Å². The molecule has 2 N–H and O–H groups in total. The number of hydrogen-bond acceptors (Lipinski definition) is 3. The number of nitrogen functional groups attached to an aromatic ring is 1. The van der Waals surface area contributed by atoms with Crippen molar-refractivity contribution in [3.8, 4) is 0 Å². The van der Waals surface area contributed by atoms with Crippen molar-refractivity contribution in [2.75, 3.05) is 30.8 Å². The largest absolute Gasteiger partial charge is 0.399 e. The van der Waals surface area contributed by atoms with Crippen molar-refractivity contribution in [2.45, 2.75) is 25.4 Å². The van der Waals surface area contributed by atoms with Gasteiger partial charge in [0.05, 0.1) is 5.60 Å². The lowest BCUT2D eigenvalue weighted by molar-refractivity contribution is -0.00465. The van der Waals surface area contributed by atoms with Crippen molar-refractivity contribution in [2.24, 2.45) is 0 Å². The standard InChI is InChI=1S/C13H20N2O/c1-13(16-2)7-4-8-15(10-13)12-6-3-5-11(14)9-12/h3,5-6,9H,4,7-8,10,14H2,1-2H3. The van der Waals surface area contributed by atoms with Crippen LogP contribution in [0.15, 0.2) is 24.3 Å². The Morgan fingerprint density at radius 2 is 2.25 bits per heavy atom. The van der Waals surface area contributed by atoms with E-state index in [1.54, 1.807) is 7.11 Å². The van der Waals surface area contributed by atoms with Gasteiger partial charge in [0.25, 0.3) is 0 Å². The van der Waals surface area contributed by atoms with E-state index in [0.29, 0.717) is 0 Å². The Kier molecular flexibility index (Phi) is 3.06. The lowest BCUT2D eigenvalue weighted by Crippen LogP contribution is -2.47. The molecule has 3 heteroatoms. The maximum Gasteiger partial charge on any atom is 0.0825 e. The monoisotopic (exact) mass is 220 g/mol. The van der Waals surface area contributed by atoms with Crippen LogP contribution in [0.5, 0.6) is 0 Å². The lowest BCUT2D eigenvalue weighted by atomic mass is 9.94. The molecule has 1 aliphatic heterocycles. The van der Waals surface area contributed by atoms with Gasteiger partial charge in [0.1, 0.15) is 0 Å². The highest BCUT2D eigenvalue weighted by atomic mass is 16.5. The molecular weight excluding hydrogens is 200 g/mol. The average Bonchev–Trinajstić information content (AvgIpc) is 2.29. The van der Waals surface area contributed by atoms with Crippen molar-refractivity contribution in [3.63, 3.8) is 0 Å². The Hall–Kier alpha value is -1.22. The van der Waals surface area contributed by atoms with Crippen LogP contribution in [0.2, 0.25) is 0 Å². The first-order valence-corrected chi connectivity index (χ1v) is 5.79. The topological polar surface area (TPSA) is 38.5 Å². The van der Waals surface area contributed by atoms with E-state index >= 15 is 0 Å². The Labute approximate surface area is 97.2 Å². The van der Waals surface area contributed by atoms with E-state index in [4.69, 9.17) is 10.5 Å². The number of hydrogen-bond donors (Lipinski definition) is 1. The van der Waals surface area contributed by atoms with Gasteiger partial charge in [0, 0.05) is 31.6 Å². The molecule has 1 aromatic rings. The number of ether oxygens (including phenoxy) is 1. The van der Waals surface area contributed by atoms with Gasteiger partial charge in [-0.3, -0.25) is 0 Å². The molecule has 2 rings (SSSR count). The van der Waals surface area contributed by atoms with Crippen molar-refractivity contribution < 1.29 is 4.74 Å². The predicted octanol–water partition coefficient (Wildman–Crippen LogP) is 2.27. The first-order valence-electron chi connectivity index (χ1n) is 5.79. The Balaban J connectivity index is 2.16. The third-order valence-corrected chi connectivity index (χ3v) is 3.39. The Bertz CT molecular complexity index is 367. The average molecular weight is 220 g/mol. The molecule has 0 amide bonds. The Morgan fingerprint density at radius 1 is 1.44 bits per heavy atom. The minimum absolute atomic E-state index is 0.0249. The molecule has 88 valence electrons. The smallest absolute Gasteiger partial charge is 0.0825 e. The highest BCUT2D eigenvalue weighted by molar-refractivity contribution is 5.56. The van der Waals surface area contributed by atoms with Gasteiger partial charge in [-0.15, -0.1) is 0 Å². The van der Waals surface area contributed by atoms with Gasteiger partial charge in [-0.1, -0.05) is 6.07 Å². The van der Waals surface area contributed by atoms with Crippen LogP contribution in [0.3, 0.4) is 0 Å². The summed E-state index contributed by atoms with van der Waals surface area (Å²) in [6.07, 6.45) is 2.29. The molecule has 0 aliphatic carbocycles. The number of benzene rings is 1. The van der Waals surface area contributed by atoms with E-state index in [9.17, 15) is 0 Å². The summed E-state index contributed by atoms with van der Waals surface area (Å²) in [6.45, 7) is 4.20. The fraction of sp³-hybridized carbons (Fsp3) is 0.538. The van der Waals surface area contributed by atoms with E-state index < -0.39 is 0 Å². The summed E-state index contributed by atoms with van der Waals surface area (Å²) in [5, 5.41) is 0. The molecule has 1 unspecified atom stereocenters. The normalized spacial score (nSPS) is 25.8. The predicted molar refractivity (Wildman–Crippen MR) is 67.7 cm³/mol. The molecule has 16 heavy (non-hydrogen) atoms. The van der Waals surface area contributed by atoms with E-state index in [-0.39, 0.29) is 5.60 Å². The number of nitrogens with two attached hydrogens (primary N) is 1. The van der Waals surface area contributed by atoms with Gasteiger partial charge in [0.15, 0.2) is 0 Å². The van der Waals surface area contributed by atoms with Gasteiger partial charge in [0.2, 0.25) is 0 Å². The van der Waals surface area contributed by atoms with Gasteiger partial charge in [-0.25, -0.2) is 0 Å². The molecule has 1 aliphatic rings. The molecular formula is C13H20N2O. The molecule has 1 saturated heterocycles. The van der Waals surface area contributed by atoms with Gasteiger partial charge < -0.3 is 15.4 Å². The van der Waals surface area contributed by atoms with Crippen LogP contribution < -0.4 is 10.6 Å². The second kappa shape index (κ2) is 4.34. The summed E-state index contributed by atoms with van der Waals surface area (Å²) in [6, 6.07) is 8.06.